The molecule has 2 aromatic carbocycles. The van der Waals surface area contributed by atoms with E-state index in [1.54, 1.807) is 30.9 Å². The summed E-state index contributed by atoms with van der Waals surface area (Å²) in [6, 6.07) is 12.6. The fraction of sp³-hybridized carbons (Fsp3) is 0.364. The molecule has 2 heterocycles. The lowest BCUT2D eigenvalue weighted by Crippen LogP contribution is -2.52. The highest BCUT2D eigenvalue weighted by Gasteiger charge is 2.57. The van der Waals surface area contributed by atoms with Gasteiger partial charge in [-0.15, -0.1) is 11.8 Å². The lowest BCUT2D eigenvalue weighted by Gasteiger charge is -2.29. The summed E-state index contributed by atoms with van der Waals surface area (Å²) < 4.78 is 10.2. The van der Waals surface area contributed by atoms with Crippen LogP contribution >= 0.6 is 11.8 Å². The van der Waals surface area contributed by atoms with Crippen LogP contribution in [0.1, 0.15) is 40.7 Å². The van der Waals surface area contributed by atoms with Crippen LogP contribution in [0.5, 0.6) is 11.5 Å². The van der Waals surface area contributed by atoms with Gasteiger partial charge in [0.2, 0.25) is 5.91 Å². The van der Waals surface area contributed by atoms with Gasteiger partial charge < -0.3 is 19.7 Å². The van der Waals surface area contributed by atoms with Crippen LogP contribution in [0.3, 0.4) is 0 Å². The lowest BCUT2D eigenvalue weighted by atomic mass is 10.0. The molecule has 0 aliphatic carbocycles. The molecule has 2 aliphatic heterocycles. The van der Waals surface area contributed by atoms with E-state index in [1.165, 1.54) is 0 Å². The summed E-state index contributed by atoms with van der Waals surface area (Å²) in [5.41, 5.74) is 2.58. The summed E-state index contributed by atoms with van der Waals surface area (Å²) in [6.07, 6.45) is 0. The fourth-order valence-electron chi connectivity index (χ4n) is 4.08. The largest absolute Gasteiger partial charge is 0.493 e. The van der Waals surface area contributed by atoms with E-state index in [0.717, 1.165) is 11.1 Å². The van der Waals surface area contributed by atoms with E-state index < -0.39 is 10.8 Å². The molecule has 0 saturated carbocycles. The minimum absolute atomic E-state index is 0.0741. The van der Waals surface area contributed by atoms with Crippen molar-refractivity contribution in [2.75, 3.05) is 14.2 Å². The zero-order chi connectivity index (χ0) is 20.8. The molecule has 0 spiro atoms. The number of carbonyl (C=O) groups is 2. The van der Waals surface area contributed by atoms with Crippen LogP contribution in [0.25, 0.3) is 0 Å². The smallest absolute Gasteiger partial charge is 0.256 e. The van der Waals surface area contributed by atoms with Crippen LogP contribution in [0, 0.1) is 0 Å². The molecule has 1 N–H and O–H groups in total. The van der Waals surface area contributed by atoms with Crippen LogP contribution in [-0.2, 0) is 11.3 Å². The van der Waals surface area contributed by atoms with Gasteiger partial charge in [-0.25, -0.2) is 0 Å². The van der Waals surface area contributed by atoms with Crippen molar-refractivity contribution in [3.05, 3.63) is 59.2 Å². The van der Waals surface area contributed by atoms with Crippen LogP contribution in [0.4, 0.5) is 0 Å². The Kier molecular flexibility index (Phi) is 4.94. The highest BCUT2D eigenvalue weighted by molar-refractivity contribution is 8.01. The van der Waals surface area contributed by atoms with Gasteiger partial charge in [0.15, 0.2) is 11.5 Å². The summed E-state index contributed by atoms with van der Waals surface area (Å²) in [7, 11) is 3.16. The first-order chi connectivity index (χ1) is 13.9. The molecular weight excluding hydrogens is 388 g/mol. The fourth-order valence-corrected chi connectivity index (χ4v) is 5.67. The second-order valence-corrected chi connectivity index (χ2v) is 9.42. The van der Waals surface area contributed by atoms with Crippen molar-refractivity contribution < 1.29 is 19.1 Å². The zero-order valence-electron chi connectivity index (χ0n) is 16.9. The van der Waals surface area contributed by atoms with Crippen molar-refractivity contribution in [1.82, 2.24) is 10.2 Å². The minimum atomic E-state index is -0.544. The third-order valence-corrected chi connectivity index (χ3v) is 6.99. The van der Waals surface area contributed by atoms with E-state index in [4.69, 9.17) is 9.47 Å². The lowest BCUT2D eigenvalue weighted by molar-refractivity contribution is -0.126. The molecule has 2 aliphatic rings. The maximum Gasteiger partial charge on any atom is 0.256 e. The van der Waals surface area contributed by atoms with Crippen molar-refractivity contribution in [2.24, 2.45) is 0 Å². The molecule has 152 valence electrons. The molecule has 0 radical (unpaired) electrons. The number of nitrogens with one attached hydrogen (secondary N) is 1. The number of benzene rings is 2. The second kappa shape index (κ2) is 7.30. The number of thioether (sulfide) groups is 1. The van der Waals surface area contributed by atoms with E-state index in [2.05, 4.69) is 5.32 Å². The topological polar surface area (TPSA) is 67.9 Å². The molecule has 0 unspecified atom stereocenters. The molecule has 2 aromatic rings. The monoisotopic (exact) mass is 412 g/mol. The van der Waals surface area contributed by atoms with E-state index >= 15 is 0 Å². The second-order valence-electron chi connectivity index (χ2n) is 7.68. The van der Waals surface area contributed by atoms with Crippen molar-refractivity contribution in [2.45, 2.75) is 36.6 Å². The van der Waals surface area contributed by atoms with Crippen molar-refractivity contribution >= 4 is 23.6 Å². The molecular formula is C22H24N2O4S. The van der Waals surface area contributed by atoms with Crippen LogP contribution in [-0.4, -0.2) is 41.7 Å². The Labute approximate surface area is 174 Å². The van der Waals surface area contributed by atoms with Crippen molar-refractivity contribution in [3.63, 3.8) is 0 Å². The average Bonchev–Trinajstić information content (AvgIpc) is 3.15. The molecule has 29 heavy (non-hydrogen) atoms. The molecule has 0 bridgehead atoms. The van der Waals surface area contributed by atoms with Gasteiger partial charge in [0, 0.05) is 16.9 Å². The van der Waals surface area contributed by atoms with Crippen LogP contribution in [0.2, 0.25) is 0 Å². The number of hydrogen-bond donors (Lipinski definition) is 1. The number of carbonyl (C=O) groups excluding carboxylic acids is 2. The van der Waals surface area contributed by atoms with Gasteiger partial charge in [0.1, 0.15) is 11.4 Å². The van der Waals surface area contributed by atoms with Gasteiger partial charge in [-0.1, -0.05) is 24.3 Å². The summed E-state index contributed by atoms with van der Waals surface area (Å²) >= 11 is 1.66. The number of fused-ring (bicyclic) bond motifs is 3. The Morgan fingerprint density at radius 3 is 2.59 bits per heavy atom. The minimum Gasteiger partial charge on any atom is -0.493 e. The van der Waals surface area contributed by atoms with E-state index in [1.807, 2.05) is 56.3 Å². The highest BCUT2D eigenvalue weighted by atomic mass is 32.2. The maximum atomic E-state index is 13.2. The van der Waals surface area contributed by atoms with Gasteiger partial charge in [0.25, 0.3) is 5.91 Å². The molecule has 1 saturated heterocycles. The normalized spacial score (nSPS) is 21.5. The van der Waals surface area contributed by atoms with Crippen LogP contribution < -0.4 is 14.8 Å². The molecule has 0 aromatic heterocycles. The molecule has 7 heteroatoms. The van der Waals surface area contributed by atoms with Gasteiger partial charge in [-0.3, -0.25) is 9.59 Å². The molecule has 6 nitrogen and oxygen atoms in total. The number of ether oxygens (including phenoxy) is 2. The Morgan fingerprint density at radius 1 is 1.14 bits per heavy atom. The maximum absolute atomic E-state index is 13.2. The number of nitrogens with zero attached hydrogens (tertiary/aromatic N) is 1. The van der Waals surface area contributed by atoms with Gasteiger partial charge in [0.05, 0.1) is 14.2 Å². The Morgan fingerprint density at radius 2 is 1.86 bits per heavy atom. The molecule has 2 atom stereocenters. The summed E-state index contributed by atoms with van der Waals surface area (Å²) in [5, 5.41) is 2.88. The molecule has 2 amide bonds. The predicted octanol–water partition coefficient (Wildman–Crippen LogP) is 3.37. The number of methoxy groups -OCH3 is 2. The van der Waals surface area contributed by atoms with Gasteiger partial charge in [-0.05, 0) is 43.2 Å². The first kappa shape index (κ1) is 19.6. The van der Waals surface area contributed by atoms with E-state index in [-0.39, 0.29) is 17.2 Å². The zero-order valence-corrected chi connectivity index (χ0v) is 17.7. The van der Waals surface area contributed by atoms with Gasteiger partial charge >= 0.3 is 0 Å². The SMILES string of the molecule is COc1ccc(CNC(=O)[C@@H]2N3C(=O)c4ccccc4[C@H]3SC2(C)C)cc1OC. The summed E-state index contributed by atoms with van der Waals surface area (Å²) in [6.45, 7) is 4.38. The van der Waals surface area contributed by atoms with E-state index in [0.29, 0.717) is 23.6 Å². The number of amides is 2. The Hall–Kier alpha value is -2.67. The van der Waals surface area contributed by atoms with Crippen molar-refractivity contribution in [1.29, 1.82) is 0 Å². The van der Waals surface area contributed by atoms with Crippen LogP contribution in [0.15, 0.2) is 42.5 Å². The highest BCUT2D eigenvalue weighted by Crippen LogP contribution is 2.56. The summed E-state index contributed by atoms with van der Waals surface area (Å²) in [5.74, 6) is 1.02. The number of rotatable bonds is 5. The molecule has 1 fully saturated rings. The quantitative estimate of drug-likeness (QED) is 0.816. The Balaban J connectivity index is 1.54. The predicted molar refractivity (Wildman–Crippen MR) is 112 cm³/mol. The van der Waals surface area contributed by atoms with Gasteiger partial charge in [-0.2, -0.15) is 0 Å². The third kappa shape index (κ3) is 3.23. The third-order valence-electron chi connectivity index (χ3n) is 5.46. The van der Waals surface area contributed by atoms with Crippen molar-refractivity contribution in [3.8, 4) is 11.5 Å². The Bertz CT molecular complexity index is 975. The molecule has 4 rings (SSSR count). The first-order valence-electron chi connectivity index (χ1n) is 9.45. The average molecular weight is 413 g/mol. The van der Waals surface area contributed by atoms with E-state index in [9.17, 15) is 9.59 Å². The number of hydrogen-bond acceptors (Lipinski definition) is 5. The summed E-state index contributed by atoms with van der Waals surface area (Å²) in [4.78, 5) is 27.9. The first-order valence-corrected chi connectivity index (χ1v) is 10.3. The standard InChI is InChI=1S/C22H24N2O4S/c1-22(2)18(24-20(26)14-7-5-6-8-15(14)21(24)29-22)19(25)23-12-13-9-10-16(27-3)17(11-13)28-4/h5-11,18,21H,12H2,1-4H3,(H,23,25)/t18-,21+/m0/s1.